The fourth-order valence-corrected chi connectivity index (χ4v) is 4.29. The van der Waals surface area contributed by atoms with Crippen molar-refractivity contribution in [1.29, 1.82) is 0 Å². The molecule has 1 N–H and O–H groups in total. The van der Waals surface area contributed by atoms with E-state index in [9.17, 15) is 4.79 Å². The molecular formula is C25H22N2O2. The molecule has 1 heterocycles. The molecule has 1 amide bonds. The average Bonchev–Trinajstić information content (AvgIpc) is 3.31. The molecule has 0 fully saturated rings. The maximum atomic E-state index is 12.7. The van der Waals surface area contributed by atoms with E-state index in [0.717, 1.165) is 16.5 Å². The number of ether oxygens (including phenoxy) is 1. The summed E-state index contributed by atoms with van der Waals surface area (Å²) in [7, 11) is 1.78. The molecule has 0 aliphatic heterocycles. The Morgan fingerprint density at radius 2 is 1.55 bits per heavy atom. The van der Waals surface area contributed by atoms with Crippen molar-refractivity contribution >= 4 is 17.0 Å². The molecule has 0 bridgehead atoms. The zero-order valence-corrected chi connectivity index (χ0v) is 16.3. The number of aromatic nitrogens is 1. The zero-order valence-electron chi connectivity index (χ0n) is 16.3. The molecule has 0 unspecified atom stereocenters. The number of benzene rings is 3. The van der Waals surface area contributed by atoms with Crippen LogP contribution in [0.2, 0.25) is 0 Å². The largest absolute Gasteiger partial charge is 0.448 e. The highest BCUT2D eigenvalue weighted by Gasteiger charge is 2.29. The third-order valence-electron chi connectivity index (χ3n) is 5.73. The van der Waals surface area contributed by atoms with E-state index in [-0.39, 0.29) is 12.0 Å². The Morgan fingerprint density at radius 3 is 2.28 bits per heavy atom. The van der Waals surface area contributed by atoms with E-state index >= 15 is 0 Å². The van der Waals surface area contributed by atoms with Gasteiger partial charge in [0.15, 0.2) is 0 Å². The van der Waals surface area contributed by atoms with Gasteiger partial charge in [0, 0.05) is 30.1 Å². The third kappa shape index (κ3) is 3.07. The smallest absolute Gasteiger partial charge is 0.409 e. The van der Waals surface area contributed by atoms with Crippen LogP contribution in [0.3, 0.4) is 0 Å². The molecule has 4 nitrogen and oxygen atoms in total. The Kier molecular flexibility index (Phi) is 4.32. The van der Waals surface area contributed by atoms with Gasteiger partial charge in [0.05, 0.1) is 6.54 Å². The van der Waals surface area contributed by atoms with E-state index in [4.69, 9.17) is 4.74 Å². The number of amides is 1. The number of rotatable bonds is 4. The standard InChI is InChI=1S/C25H22N2O2/c1-27(15-17-14-26-24-13-7-6-8-18(17)24)25(28)29-16-23-21-11-4-2-9-19(21)20-10-3-5-12-22(20)23/h2-14,23,26H,15-16H2,1H3. The summed E-state index contributed by atoms with van der Waals surface area (Å²) in [5.74, 6) is 0.0767. The van der Waals surface area contributed by atoms with Crippen molar-refractivity contribution in [2.45, 2.75) is 12.5 Å². The SMILES string of the molecule is CN(Cc1c[nH]c2ccccc12)C(=O)OCC1c2ccccc2-c2ccccc21. The van der Waals surface area contributed by atoms with Crippen LogP contribution in [0.1, 0.15) is 22.6 Å². The molecule has 0 radical (unpaired) electrons. The van der Waals surface area contributed by atoms with Crippen molar-refractivity contribution in [3.05, 3.63) is 95.7 Å². The highest BCUT2D eigenvalue weighted by molar-refractivity contribution is 5.83. The van der Waals surface area contributed by atoms with Gasteiger partial charge in [-0.05, 0) is 33.9 Å². The van der Waals surface area contributed by atoms with Crippen molar-refractivity contribution in [3.63, 3.8) is 0 Å². The summed E-state index contributed by atoms with van der Waals surface area (Å²) in [5, 5.41) is 1.13. The van der Waals surface area contributed by atoms with Crippen molar-refractivity contribution < 1.29 is 9.53 Å². The van der Waals surface area contributed by atoms with Crippen LogP contribution >= 0.6 is 0 Å². The third-order valence-corrected chi connectivity index (χ3v) is 5.73. The van der Waals surface area contributed by atoms with Crippen molar-refractivity contribution in [1.82, 2.24) is 9.88 Å². The number of nitrogens with zero attached hydrogens (tertiary/aromatic N) is 1. The summed E-state index contributed by atoms with van der Waals surface area (Å²) in [4.78, 5) is 17.6. The molecule has 144 valence electrons. The first-order valence-electron chi connectivity index (χ1n) is 9.83. The highest BCUT2D eigenvalue weighted by atomic mass is 16.6. The van der Waals surface area contributed by atoms with E-state index in [1.807, 2.05) is 36.5 Å². The molecular weight excluding hydrogens is 360 g/mol. The van der Waals surface area contributed by atoms with Gasteiger partial charge in [-0.25, -0.2) is 4.79 Å². The van der Waals surface area contributed by atoms with Crippen LogP contribution in [0.5, 0.6) is 0 Å². The summed E-state index contributed by atoms with van der Waals surface area (Å²) >= 11 is 0. The van der Waals surface area contributed by atoms with E-state index in [1.165, 1.54) is 22.3 Å². The number of para-hydroxylation sites is 1. The minimum absolute atomic E-state index is 0.0767. The zero-order chi connectivity index (χ0) is 19.8. The van der Waals surface area contributed by atoms with Gasteiger partial charge in [-0.3, -0.25) is 0 Å². The normalized spacial score (nSPS) is 12.6. The van der Waals surface area contributed by atoms with Crippen LogP contribution in [0, 0.1) is 0 Å². The lowest BCUT2D eigenvalue weighted by molar-refractivity contribution is 0.106. The maximum absolute atomic E-state index is 12.7. The number of hydrogen-bond acceptors (Lipinski definition) is 2. The maximum Gasteiger partial charge on any atom is 0.409 e. The second-order valence-corrected chi connectivity index (χ2v) is 7.52. The molecule has 1 aromatic heterocycles. The van der Waals surface area contributed by atoms with Crippen LogP contribution < -0.4 is 0 Å². The second kappa shape index (κ2) is 7.13. The number of H-pyrrole nitrogens is 1. The summed E-state index contributed by atoms with van der Waals surface area (Å²) in [6.45, 7) is 0.839. The number of aromatic amines is 1. The first-order chi connectivity index (χ1) is 14.2. The molecule has 3 aromatic carbocycles. The number of carbonyl (C=O) groups is 1. The lowest BCUT2D eigenvalue weighted by atomic mass is 9.98. The number of fused-ring (bicyclic) bond motifs is 4. The fourth-order valence-electron chi connectivity index (χ4n) is 4.29. The molecule has 0 atom stereocenters. The average molecular weight is 382 g/mol. The number of carbonyl (C=O) groups excluding carboxylic acids is 1. The Hall–Kier alpha value is -3.53. The van der Waals surface area contributed by atoms with Gasteiger partial charge in [-0.2, -0.15) is 0 Å². The van der Waals surface area contributed by atoms with Gasteiger partial charge < -0.3 is 14.6 Å². The van der Waals surface area contributed by atoms with Crippen LogP contribution in [-0.4, -0.2) is 29.6 Å². The Balaban J connectivity index is 1.30. The van der Waals surface area contributed by atoms with E-state index in [1.54, 1.807) is 11.9 Å². The first kappa shape index (κ1) is 17.6. The monoisotopic (exact) mass is 382 g/mol. The summed E-state index contributed by atoms with van der Waals surface area (Å²) in [6, 6.07) is 24.8. The summed E-state index contributed by atoms with van der Waals surface area (Å²) in [6.07, 6.45) is 1.65. The van der Waals surface area contributed by atoms with Gasteiger partial charge in [-0.15, -0.1) is 0 Å². The highest BCUT2D eigenvalue weighted by Crippen LogP contribution is 2.44. The Labute approximate surface area is 169 Å². The van der Waals surface area contributed by atoms with E-state index in [2.05, 4.69) is 47.4 Å². The Bertz CT molecular complexity index is 1150. The molecule has 5 rings (SSSR count). The van der Waals surface area contributed by atoms with Gasteiger partial charge in [0.2, 0.25) is 0 Å². The Morgan fingerprint density at radius 1 is 0.931 bits per heavy atom. The second-order valence-electron chi connectivity index (χ2n) is 7.52. The van der Waals surface area contributed by atoms with Gasteiger partial charge in [0.25, 0.3) is 0 Å². The van der Waals surface area contributed by atoms with E-state index < -0.39 is 0 Å². The molecule has 4 heteroatoms. The van der Waals surface area contributed by atoms with E-state index in [0.29, 0.717) is 13.2 Å². The topological polar surface area (TPSA) is 45.3 Å². The molecule has 4 aromatic rings. The van der Waals surface area contributed by atoms with Crippen molar-refractivity contribution in [2.75, 3.05) is 13.7 Å². The number of hydrogen-bond donors (Lipinski definition) is 1. The number of nitrogens with one attached hydrogen (secondary N) is 1. The predicted molar refractivity (Wildman–Crippen MR) is 115 cm³/mol. The van der Waals surface area contributed by atoms with Crippen molar-refractivity contribution in [3.8, 4) is 11.1 Å². The molecule has 29 heavy (non-hydrogen) atoms. The van der Waals surface area contributed by atoms with Crippen LogP contribution in [-0.2, 0) is 11.3 Å². The summed E-state index contributed by atoms with van der Waals surface area (Å²) < 4.78 is 5.74. The minimum Gasteiger partial charge on any atom is -0.448 e. The van der Waals surface area contributed by atoms with Gasteiger partial charge >= 0.3 is 6.09 Å². The minimum atomic E-state index is -0.308. The molecule has 0 saturated carbocycles. The van der Waals surface area contributed by atoms with Crippen LogP contribution in [0.25, 0.3) is 22.0 Å². The first-order valence-corrected chi connectivity index (χ1v) is 9.83. The van der Waals surface area contributed by atoms with Crippen LogP contribution in [0.4, 0.5) is 4.79 Å². The fraction of sp³-hybridized carbons (Fsp3) is 0.160. The van der Waals surface area contributed by atoms with Crippen LogP contribution in [0.15, 0.2) is 79.0 Å². The molecule has 1 aliphatic carbocycles. The van der Waals surface area contributed by atoms with Gasteiger partial charge in [0.1, 0.15) is 6.61 Å². The molecule has 0 saturated heterocycles. The summed E-state index contributed by atoms with van der Waals surface area (Å²) in [5.41, 5.74) is 7.06. The van der Waals surface area contributed by atoms with Gasteiger partial charge in [-0.1, -0.05) is 66.7 Å². The lowest BCUT2D eigenvalue weighted by Gasteiger charge is -2.19. The van der Waals surface area contributed by atoms with Crippen molar-refractivity contribution in [2.24, 2.45) is 0 Å². The molecule has 1 aliphatic rings. The lowest BCUT2D eigenvalue weighted by Crippen LogP contribution is -2.28. The molecule has 0 spiro atoms. The quantitative estimate of drug-likeness (QED) is 0.503. The predicted octanol–water partition coefficient (Wildman–Crippen LogP) is 5.55.